The maximum absolute atomic E-state index is 13.4. The molecule has 1 aliphatic rings. The Hall–Kier alpha value is -2.81. The summed E-state index contributed by atoms with van der Waals surface area (Å²) in [5.41, 5.74) is 2.64. The van der Waals surface area contributed by atoms with Gasteiger partial charge in [-0.15, -0.1) is 0 Å². The number of hydrogen-bond donors (Lipinski definition) is 1. The second-order valence-corrected chi connectivity index (χ2v) is 10.2. The fourth-order valence-corrected chi connectivity index (χ4v) is 5.52. The van der Waals surface area contributed by atoms with E-state index in [1.807, 2.05) is 13.8 Å². The summed E-state index contributed by atoms with van der Waals surface area (Å²) < 4.78 is 39.1. The molecule has 2 aromatic heterocycles. The number of aryl methyl sites for hydroxylation is 1. The molecule has 0 spiro atoms. The molecule has 1 saturated heterocycles. The van der Waals surface area contributed by atoms with E-state index in [9.17, 15) is 17.6 Å². The first-order valence-electron chi connectivity index (χ1n) is 9.82. The lowest BCUT2D eigenvalue weighted by atomic mass is 10.0. The van der Waals surface area contributed by atoms with Crippen molar-refractivity contribution >= 4 is 26.8 Å². The highest BCUT2D eigenvalue weighted by molar-refractivity contribution is 7.91. The van der Waals surface area contributed by atoms with Crippen LogP contribution in [0.5, 0.6) is 0 Å². The standard InChI is InChI=1S/C21H23FN4O3S/c1-12(2)23-21(27)17-10-18(14-4-6-15(22)7-5-14)24-20-19(17)13(3)25-26(20)16-8-9-30(28,29)11-16/h4-7,10,12,16H,8-9,11H2,1-3H3,(H,23,27)/t16-/m1/s1. The molecule has 1 atom stereocenters. The average molecular weight is 431 g/mol. The molecule has 9 heteroatoms. The normalized spacial score (nSPS) is 18.2. The van der Waals surface area contributed by atoms with Gasteiger partial charge in [-0.05, 0) is 57.5 Å². The van der Waals surface area contributed by atoms with Gasteiger partial charge in [-0.2, -0.15) is 5.10 Å². The first kappa shape index (κ1) is 20.5. The van der Waals surface area contributed by atoms with Crippen LogP contribution in [0.15, 0.2) is 30.3 Å². The van der Waals surface area contributed by atoms with Gasteiger partial charge in [0.15, 0.2) is 15.5 Å². The van der Waals surface area contributed by atoms with Crippen LogP contribution in [-0.2, 0) is 9.84 Å². The molecule has 1 amide bonds. The number of carbonyl (C=O) groups is 1. The van der Waals surface area contributed by atoms with Gasteiger partial charge < -0.3 is 5.32 Å². The van der Waals surface area contributed by atoms with Crippen LogP contribution in [0, 0.1) is 12.7 Å². The van der Waals surface area contributed by atoms with E-state index in [1.54, 1.807) is 29.8 Å². The highest BCUT2D eigenvalue weighted by atomic mass is 32.2. The van der Waals surface area contributed by atoms with Crippen molar-refractivity contribution in [1.29, 1.82) is 0 Å². The summed E-state index contributed by atoms with van der Waals surface area (Å²) in [6, 6.07) is 7.15. The van der Waals surface area contributed by atoms with Crippen molar-refractivity contribution in [3.8, 4) is 11.3 Å². The second-order valence-electron chi connectivity index (χ2n) is 7.98. The van der Waals surface area contributed by atoms with Crippen LogP contribution in [-0.4, -0.2) is 46.6 Å². The van der Waals surface area contributed by atoms with Crippen LogP contribution < -0.4 is 5.32 Å². The molecule has 0 bridgehead atoms. The third-order valence-electron chi connectivity index (χ3n) is 5.20. The minimum Gasteiger partial charge on any atom is -0.350 e. The van der Waals surface area contributed by atoms with Crippen molar-refractivity contribution < 1.29 is 17.6 Å². The van der Waals surface area contributed by atoms with Gasteiger partial charge in [0.2, 0.25) is 0 Å². The number of benzene rings is 1. The molecule has 1 N–H and O–H groups in total. The Morgan fingerprint density at radius 3 is 2.57 bits per heavy atom. The summed E-state index contributed by atoms with van der Waals surface area (Å²) in [6.07, 6.45) is 0.453. The Bertz CT molecular complexity index is 1230. The van der Waals surface area contributed by atoms with E-state index in [1.165, 1.54) is 12.1 Å². The number of nitrogens with one attached hydrogen (secondary N) is 1. The number of amides is 1. The smallest absolute Gasteiger partial charge is 0.252 e. The van der Waals surface area contributed by atoms with Crippen molar-refractivity contribution in [3.63, 3.8) is 0 Å². The molecule has 7 nitrogen and oxygen atoms in total. The van der Waals surface area contributed by atoms with Gasteiger partial charge in [-0.3, -0.25) is 4.79 Å². The van der Waals surface area contributed by atoms with Crippen LogP contribution in [0.1, 0.15) is 42.4 Å². The molecule has 3 aromatic rings. The van der Waals surface area contributed by atoms with Gasteiger partial charge in [0, 0.05) is 11.6 Å². The van der Waals surface area contributed by atoms with E-state index in [-0.39, 0.29) is 35.3 Å². The number of fused-ring (bicyclic) bond motifs is 1. The Kier molecular flexibility index (Phi) is 5.09. The van der Waals surface area contributed by atoms with Crippen LogP contribution in [0.4, 0.5) is 4.39 Å². The fraction of sp³-hybridized carbons (Fsp3) is 0.381. The van der Waals surface area contributed by atoms with Gasteiger partial charge >= 0.3 is 0 Å². The van der Waals surface area contributed by atoms with E-state index in [4.69, 9.17) is 4.98 Å². The maximum atomic E-state index is 13.4. The Morgan fingerprint density at radius 2 is 1.97 bits per heavy atom. The lowest BCUT2D eigenvalue weighted by Crippen LogP contribution is -2.30. The minimum atomic E-state index is -3.12. The third kappa shape index (κ3) is 3.81. The predicted octanol–water partition coefficient (Wildman–Crippen LogP) is 3.04. The highest BCUT2D eigenvalue weighted by Gasteiger charge is 2.32. The van der Waals surface area contributed by atoms with Crippen molar-refractivity contribution in [1.82, 2.24) is 20.1 Å². The molecule has 0 saturated carbocycles. The van der Waals surface area contributed by atoms with Crippen LogP contribution in [0.3, 0.4) is 0 Å². The molecular formula is C21H23FN4O3S. The molecule has 0 aliphatic carbocycles. The van der Waals surface area contributed by atoms with E-state index < -0.39 is 9.84 Å². The zero-order valence-electron chi connectivity index (χ0n) is 17.0. The average Bonchev–Trinajstić information content (AvgIpc) is 3.20. The summed E-state index contributed by atoms with van der Waals surface area (Å²) in [5.74, 6) is -0.521. The molecule has 3 heterocycles. The molecule has 1 aliphatic heterocycles. The van der Waals surface area contributed by atoms with E-state index in [2.05, 4.69) is 10.4 Å². The molecule has 1 aromatic carbocycles. The summed E-state index contributed by atoms with van der Waals surface area (Å²) >= 11 is 0. The SMILES string of the molecule is Cc1nn([C@@H]2CCS(=O)(=O)C2)c2nc(-c3ccc(F)cc3)cc(C(=O)NC(C)C)c12. The van der Waals surface area contributed by atoms with E-state index in [0.29, 0.717) is 40.0 Å². The first-order chi connectivity index (χ1) is 14.1. The lowest BCUT2D eigenvalue weighted by molar-refractivity contribution is 0.0944. The molecule has 0 unspecified atom stereocenters. The fourth-order valence-electron chi connectivity index (χ4n) is 3.82. The van der Waals surface area contributed by atoms with Crippen molar-refractivity contribution in [3.05, 3.63) is 47.4 Å². The lowest BCUT2D eigenvalue weighted by Gasteiger charge is -2.13. The monoisotopic (exact) mass is 430 g/mol. The Morgan fingerprint density at radius 1 is 1.27 bits per heavy atom. The molecule has 158 valence electrons. The number of aromatic nitrogens is 3. The van der Waals surface area contributed by atoms with Gasteiger partial charge in [0.1, 0.15) is 5.82 Å². The number of rotatable bonds is 4. The number of carbonyl (C=O) groups excluding carboxylic acids is 1. The minimum absolute atomic E-state index is 0.000794. The van der Waals surface area contributed by atoms with Crippen molar-refractivity contribution in [2.75, 3.05) is 11.5 Å². The quantitative estimate of drug-likeness (QED) is 0.687. The second kappa shape index (κ2) is 7.46. The van der Waals surface area contributed by atoms with Gasteiger partial charge in [-0.1, -0.05) is 0 Å². The van der Waals surface area contributed by atoms with Crippen LogP contribution in [0.2, 0.25) is 0 Å². The number of nitrogens with zero attached hydrogens (tertiary/aromatic N) is 3. The Balaban J connectivity index is 1.94. The topological polar surface area (TPSA) is 93.9 Å². The van der Waals surface area contributed by atoms with Crippen LogP contribution >= 0.6 is 0 Å². The third-order valence-corrected chi connectivity index (χ3v) is 6.95. The van der Waals surface area contributed by atoms with Crippen molar-refractivity contribution in [2.45, 2.75) is 39.3 Å². The maximum Gasteiger partial charge on any atom is 0.252 e. The van der Waals surface area contributed by atoms with Gasteiger partial charge in [-0.25, -0.2) is 22.5 Å². The van der Waals surface area contributed by atoms with Crippen molar-refractivity contribution in [2.24, 2.45) is 0 Å². The number of hydrogen-bond acceptors (Lipinski definition) is 5. The number of sulfone groups is 1. The molecular weight excluding hydrogens is 407 g/mol. The largest absolute Gasteiger partial charge is 0.350 e. The first-order valence-corrected chi connectivity index (χ1v) is 11.6. The Labute approximate surface area is 174 Å². The van der Waals surface area contributed by atoms with Crippen LogP contribution in [0.25, 0.3) is 22.3 Å². The van der Waals surface area contributed by atoms with Gasteiger partial charge in [0.25, 0.3) is 5.91 Å². The van der Waals surface area contributed by atoms with E-state index in [0.717, 1.165) is 0 Å². The van der Waals surface area contributed by atoms with E-state index >= 15 is 0 Å². The predicted molar refractivity (Wildman–Crippen MR) is 113 cm³/mol. The summed E-state index contributed by atoms with van der Waals surface area (Å²) in [7, 11) is -3.12. The summed E-state index contributed by atoms with van der Waals surface area (Å²) in [5, 5.41) is 8.06. The molecule has 4 rings (SSSR count). The summed E-state index contributed by atoms with van der Waals surface area (Å²) in [6.45, 7) is 5.53. The summed E-state index contributed by atoms with van der Waals surface area (Å²) in [4.78, 5) is 17.7. The number of halogens is 1. The number of pyridine rings is 1. The zero-order chi connectivity index (χ0) is 21.6. The molecule has 30 heavy (non-hydrogen) atoms. The molecule has 1 fully saturated rings. The zero-order valence-corrected chi connectivity index (χ0v) is 17.8. The highest BCUT2D eigenvalue weighted by Crippen LogP contribution is 2.32. The molecule has 0 radical (unpaired) electrons. The van der Waals surface area contributed by atoms with Gasteiger partial charge in [0.05, 0.1) is 39.9 Å².